The third kappa shape index (κ3) is 5.43. The molecule has 1 saturated carbocycles. The van der Waals surface area contributed by atoms with E-state index in [0.717, 1.165) is 12.3 Å². The minimum Gasteiger partial charge on any atom is -0.313 e. The molecule has 1 N–H and O–H groups in total. The lowest BCUT2D eigenvalue weighted by molar-refractivity contribution is -0.0327. The van der Waals surface area contributed by atoms with Crippen molar-refractivity contribution in [1.29, 1.82) is 0 Å². The van der Waals surface area contributed by atoms with E-state index < -0.39 is 5.51 Å². The van der Waals surface area contributed by atoms with Crippen molar-refractivity contribution >= 4 is 11.8 Å². The van der Waals surface area contributed by atoms with Crippen LogP contribution in [0, 0.1) is 11.8 Å². The lowest BCUT2D eigenvalue weighted by Crippen LogP contribution is -2.40. The van der Waals surface area contributed by atoms with Gasteiger partial charge in [-0.25, -0.2) is 0 Å². The zero-order valence-electron chi connectivity index (χ0n) is 9.81. The molecule has 0 radical (unpaired) electrons. The first-order valence-electron chi connectivity index (χ1n) is 5.82. The summed E-state index contributed by atoms with van der Waals surface area (Å²) in [6.07, 6.45) is 3.47. The van der Waals surface area contributed by atoms with Crippen molar-refractivity contribution in [2.75, 3.05) is 12.3 Å². The summed E-state index contributed by atoms with van der Waals surface area (Å²) in [5.74, 6) is 1.46. The Balaban J connectivity index is 2.13. The van der Waals surface area contributed by atoms with E-state index >= 15 is 0 Å². The summed E-state index contributed by atoms with van der Waals surface area (Å²) in [4.78, 5) is 0. The van der Waals surface area contributed by atoms with Gasteiger partial charge in [0.15, 0.2) is 0 Å². The molecule has 0 aromatic carbocycles. The van der Waals surface area contributed by atoms with E-state index in [4.69, 9.17) is 0 Å². The van der Waals surface area contributed by atoms with E-state index in [1.165, 1.54) is 12.8 Å². The van der Waals surface area contributed by atoms with Gasteiger partial charge in [-0.3, -0.25) is 0 Å². The maximum Gasteiger partial charge on any atom is 0.441 e. The third-order valence-electron chi connectivity index (χ3n) is 3.21. The Morgan fingerprint density at radius 2 is 1.94 bits per heavy atom. The summed E-state index contributed by atoms with van der Waals surface area (Å²) >= 11 is 0.0614. The van der Waals surface area contributed by atoms with Crippen LogP contribution in [-0.4, -0.2) is 23.8 Å². The molecule has 5 heteroatoms. The van der Waals surface area contributed by atoms with Crippen molar-refractivity contribution in [3.8, 4) is 0 Å². The van der Waals surface area contributed by atoms with Gasteiger partial charge in [-0.15, -0.1) is 0 Å². The molecule has 0 bridgehead atoms. The van der Waals surface area contributed by atoms with Crippen molar-refractivity contribution in [2.45, 2.75) is 44.7 Å². The zero-order valence-corrected chi connectivity index (χ0v) is 10.6. The van der Waals surface area contributed by atoms with Crippen LogP contribution in [0.2, 0.25) is 0 Å². The fourth-order valence-corrected chi connectivity index (χ4v) is 2.83. The fourth-order valence-electron chi connectivity index (χ4n) is 2.38. The van der Waals surface area contributed by atoms with Gasteiger partial charge in [-0.2, -0.15) is 13.2 Å². The largest absolute Gasteiger partial charge is 0.441 e. The Bertz CT molecular complexity index is 208. The number of hydrogen-bond acceptors (Lipinski definition) is 2. The van der Waals surface area contributed by atoms with Gasteiger partial charge in [0.05, 0.1) is 0 Å². The maximum absolute atomic E-state index is 11.9. The average Bonchev–Trinajstić information content (AvgIpc) is 2.13. The van der Waals surface area contributed by atoms with E-state index in [-0.39, 0.29) is 17.5 Å². The van der Waals surface area contributed by atoms with Crippen molar-refractivity contribution in [2.24, 2.45) is 11.8 Å². The van der Waals surface area contributed by atoms with Crippen LogP contribution < -0.4 is 5.32 Å². The van der Waals surface area contributed by atoms with Crippen molar-refractivity contribution < 1.29 is 13.2 Å². The highest BCUT2D eigenvalue weighted by atomic mass is 32.2. The number of nitrogens with one attached hydrogen (secondary N) is 1. The highest BCUT2D eigenvalue weighted by molar-refractivity contribution is 8.00. The van der Waals surface area contributed by atoms with Crippen LogP contribution in [0.4, 0.5) is 13.2 Å². The fraction of sp³-hybridized carbons (Fsp3) is 1.00. The second kappa shape index (κ2) is 6.15. The van der Waals surface area contributed by atoms with Gasteiger partial charge in [-0.05, 0) is 42.9 Å². The lowest BCUT2D eigenvalue weighted by atomic mass is 9.80. The van der Waals surface area contributed by atoms with Gasteiger partial charge in [0.2, 0.25) is 0 Å². The Hall–Kier alpha value is 0.100. The molecule has 3 atom stereocenters. The number of thioether (sulfide) groups is 1. The third-order valence-corrected chi connectivity index (χ3v) is 3.94. The lowest BCUT2D eigenvalue weighted by Gasteiger charge is -2.33. The molecule has 1 aliphatic carbocycles. The van der Waals surface area contributed by atoms with Crippen molar-refractivity contribution in [1.82, 2.24) is 5.32 Å². The van der Waals surface area contributed by atoms with E-state index in [2.05, 4.69) is 19.2 Å². The van der Waals surface area contributed by atoms with Crippen LogP contribution in [0.25, 0.3) is 0 Å². The smallest absolute Gasteiger partial charge is 0.313 e. The first-order chi connectivity index (χ1) is 7.38. The van der Waals surface area contributed by atoms with Gasteiger partial charge in [0.1, 0.15) is 0 Å². The summed E-state index contributed by atoms with van der Waals surface area (Å²) in [7, 11) is 0. The molecule has 0 amide bonds. The zero-order chi connectivity index (χ0) is 12.2. The van der Waals surface area contributed by atoms with Crippen LogP contribution in [0.3, 0.4) is 0 Å². The Morgan fingerprint density at radius 1 is 1.25 bits per heavy atom. The molecule has 1 fully saturated rings. The van der Waals surface area contributed by atoms with Gasteiger partial charge >= 0.3 is 5.51 Å². The van der Waals surface area contributed by atoms with Gasteiger partial charge in [-0.1, -0.05) is 13.8 Å². The summed E-state index contributed by atoms with van der Waals surface area (Å²) < 4.78 is 35.7. The molecule has 1 aliphatic rings. The van der Waals surface area contributed by atoms with Crippen molar-refractivity contribution in [3.63, 3.8) is 0 Å². The van der Waals surface area contributed by atoms with E-state index in [9.17, 15) is 13.2 Å². The summed E-state index contributed by atoms with van der Waals surface area (Å²) in [5.41, 5.74) is -4.09. The molecule has 0 heterocycles. The van der Waals surface area contributed by atoms with E-state index in [1.807, 2.05) is 0 Å². The molecule has 16 heavy (non-hydrogen) atoms. The molecular formula is C11H20F3NS. The number of rotatable bonds is 4. The minimum absolute atomic E-state index is 0.0614. The molecule has 1 nitrogen and oxygen atoms in total. The standard InChI is InChI=1S/C11H20F3NS/c1-8-3-4-10(9(2)7-8)15-5-6-16-11(12,13)14/h8-10,15H,3-7H2,1-2H3. The quantitative estimate of drug-likeness (QED) is 0.769. The van der Waals surface area contributed by atoms with Gasteiger partial charge in [0, 0.05) is 18.3 Å². The second-order valence-corrected chi connectivity index (χ2v) is 5.91. The summed E-state index contributed by atoms with van der Waals surface area (Å²) in [5, 5.41) is 3.24. The first kappa shape index (κ1) is 14.2. The molecule has 96 valence electrons. The number of halogens is 3. The predicted octanol–water partition coefficient (Wildman–Crippen LogP) is 3.65. The molecule has 0 aliphatic heterocycles. The molecule has 0 aromatic heterocycles. The summed E-state index contributed by atoms with van der Waals surface area (Å²) in [6.45, 7) is 4.88. The average molecular weight is 255 g/mol. The normalized spacial score (nSPS) is 31.7. The highest BCUT2D eigenvalue weighted by Gasteiger charge is 2.28. The monoisotopic (exact) mass is 255 g/mol. The van der Waals surface area contributed by atoms with E-state index in [1.54, 1.807) is 0 Å². The van der Waals surface area contributed by atoms with Gasteiger partial charge in [0.25, 0.3) is 0 Å². The topological polar surface area (TPSA) is 12.0 Å². The minimum atomic E-state index is -4.09. The van der Waals surface area contributed by atoms with E-state index in [0.29, 0.717) is 18.5 Å². The van der Waals surface area contributed by atoms with Crippen molar-refractivity contribution in [3.05, 3.63) is 0 Å². The highest BCUT2D eigenvalue weighted by Crippen LogP contribution is 2.30. The Morgan fingerprint density at radius 3 is 2.50 bits per heavy atom. The SMILES string of the molecule is CC1CCC(NCCSC(F)(F)F)C(C)C1. The first-order valence-corrected chi connectivity index (χ1v) is 6.81. The van der Waals surface area contributed by atoms with Crippen LogP contribution in [0.5, 0.6) is 0 Å². The molecule has 0 saturated heterocycles. The second-order valence-electron chi connectivity index (χ2n) is 4.75. The Labute approximate surface area is 99.6 Å². The molecule has 0 aromatic rings. The van der Waals surface area contributed by atoms with Crippen LogP contribution in [0.15, 0.2) is 0 Å². The molecular weight excluding hydrogens is 235 g/mol. The Kier molecular flexibility index (Phi) is 5.44. The molecule has 3 unspecified atom stereocenters. The molecule has 1 rings (SSSR count). The van der Waals surface area contributed by atoms with Crippen LogP contribution >= 0.6 is 11.8 Å². The van der Waals surface area contributed by atoms with Gasteiger partial charge < -0.3 is 5.32 Å². The summed E-state index contributed by atoms with van der Waals surface area (Å²) in [6, 6.07) is 0.407. The maximum atomic E-state index is 11.9. The predicted molar refractivity (Wildman–Crippen MR) is 62.5 cm³/mol. The van der Waals surface area contributed by atoms with Crippen LogP contribution in [-0.2, 0) is 0 Å². The number of alkyl halides is 3. The molecule has 0 spiro atoms. The van der Waals surface area contributed by atoms with Crippen LogP contribution in [0.1, 0.15) is 33.1 Å². The number of hydrogen-bond donors (Lipinski definition) is 1.